The van der Waals surface area contributed by atoms with Crippen LogP contribution in [0.2, 0.25) is 0 Å². The molecule has 0 radical (unpaired) electrons. The summed E-state index contributed by atoms with van der Waals surface area (Å²) >= 11 is 4.91. The highest BCUT2D eigenvalue weighted by Crippen LogP contribution is 2.22. The fourth-order valence-electron chi connectivity index (χ4n) is 1.46. The van der Waals surface area contributed by atoms with Gasteiger partial charge in [-0.1, -0.05) is 12.2 Å². The quantitative estimate of drug-likeness (QED) is 0.835. The van der Waals surface area contributed by atoms with E-state index in [0.29, 0.717) is 10.7 Å². The summed E-state index contributed by atoms with van der Waals surface area (Å²) in [6.07, 6.45) is 5.22. The molecule has 2 rings (SSSR count). The summed E-state index contributed by atoms with van der Waals surface area (Å²) in [6, 6.07) is 7.62. The molecule has 0 amide bonds. The van der Waals surface area contributed by atoms with Crippen LogP contribution in [0.5, 0.6) is 0 Å². The van der Waals surface area contributed by atoms with Crippen LogP contribution in [-0.2, 0) is 0 Å². The van der Waals surface area contributed by atoms with Gasteiger partial charge in [-0.25, -0.2) is 0 Å². The number of pyridine rings is 2. The van der Waals surface area contributed by atoms with E-state index in [0.717, 1.165) is 11.4 Å². The van der Waals surface area contributed by atoms with Crippen molar-refractivity contribution in [2.75, 3.05) is 11.9 Å². The molecule has 0 aromatic carbocycles. The third-order valence-electron chi connectivity index (χ3n) is 2.42. The largest absolute Gasteiger partial charge is 0.388 e. The minimum Gasteiger partial charge on any atom is -0.388 e. The van der Waals surface area contributed by atoms with Gasteiger partial charge < -0.3 is 10.6 Å². The number of hydrogen-bond acceptors (Lipinski definition) is 4. The summed E-state index contributed by atoms with van der Waals surface area (Å²) < 4.78 is 0. The molecule has 2 heterocycles. The van der Waals surface area contributed by atoms with Crippen molar-refractivity contribution in [2.24, 2.45) is 5.73 Å². The van der Waals surface area contributed by atoms with Gasteiger partial charge in [-0.05, 0) is 24.3 Å². The minimum absolute atomic E-state index is 0.298. The van der Waals surface area contributed by atoms with Crippen LogP contribution in [0.15, 0.2) is 42.9 Å². The number of aromatic nitrogens is 2. The zero-order chi connectivity index (χ0) is 12.3. The van der Waals surface area contributed by atoms with E-state index in [-0.39, 0.29) is 0 Å². The van der Waals surface area contributed by atoms with Gasteiger partial charge in [0.25, 0.3) is 0 Å². The Labute approximate surface area is 105 Å². The number of anilines is 2. The molecule has 17 heavy (non-hydrogen) atoms. The van der Waals surface area contributed by atoms with Crippen molar-refractivity contribution in [3.05, 3.63) is 48.5 Å². The predicted molar refractivity (Wildman–Crippen MR) is 72.4 cm³/mol. The van der Waals surface area contributed by atoms with Crippen LogP contribution < -0.4 is 10.6 Å². The van der Waals surface area contributed by atoms with Gasteiger partial charge in [0.05, 0.1) is 17.6 Å². The van der Waals surface area contributed by atoms with Crippen molar-refractivity contribution in [1.82, 2.24) is 9.97 Å². The lowest BCUT2D eigenvalue weighted by Crippen LogP contribution is -2.14. The molecule has 0 atom stereocenters. The molecule has 0 aliphatic heterocycles. The molecule has 86 valence electrons. The number of hydrogen-bond donors (Lipinski definition) is 1. The minimum atomic E-state index is 0.298. The van der Waals surface area contributed by atoms with Crippen molar-refractivity contribution >= 4 is 28.6 Å². The van der Waals surface area contributed by atoms with Crippen LogP contribution >= 0.6 is 12.2 Å². The van der Waals surface area contributed by atoms with Crippen LogP contribution in [0.1, 0.15) is 5.69 Å². The van der Waals surface area contributed by atoms with Gasteiger partial charge in [-0.3, -0.25) is 9.97 Å². The third-order valence-corrected chi connectivity index (χ3v) is 2.63. The molecule has 0 saturated carbocycles. The van der Waals surface area contributed by atoms with Crippen LogP contribution in [0.25, 0.3) is 0 Å². The van der Waals surface area contributed by atoms with Crippen LogP contribution in [0.3, 0.4) is 0 Å². The third kappa shape index (κ3) is 2.57. The molecule has 0 aliphatic rings. The molecule has 5 heteroatoms. The maximum atomic E-state index is 5.56. The first kappa shape index (κ1) is 11.5. The number of thiocarbonyl (C=S) groups is 1. The van der Waals surface area contributed by atoms with Crippen molar-refractivity contribution < 1.29 is 0 Å². The molecular weight excluding hydrogens is 232 g/mol. The second-order valence-corrected chi connectivity index (χ2v) is 3.97. The maximum absolute atomic E-state index is 5.56. The van der Waals surface area contributed by atoms with Crippen LogP contribution in [-0.4, -0.2) is 22.0 Å². The zero-order valence-electron chi connectivity index (χ0n) is 9.37. The van der Waals surface area contributed by atoms with Crippen molar-refractivity contribution in [3.63, 3.8) is 0 Å². The Morgan fingerprint density at radius 1 is 1.29 bits per heavy atom. The average Bonchev–Trinajstić information content (AvgIpc) is 2.39. The molecule has 0 spiro atoms. The summed E-state index contributed by atoms with van der Waals surface area (Å²) in [4.78, 5) is 10.5. The standard InChI is InChI=1S/C12H12N4S/c1-16(10-3-2-5-14-8-10)9-4-6-15-11(7-9)12(13)17/h2-8H,1H3,(H2,13,17). The van der Waals surface area contributed by atoms with E-state index in [4.69, 9.17) is 18.0 Å². The monoisotopic (exact) mass is 244 g/mol. The van der Waals surface area contributed by atoms with E-state index in [2.05, 4.69) is 9.97 Å². The molecule has 4 nitrogen and oxygen atoms in total. The summed E-state index contributed by atoms with van der Waals surface area (Å²) in [5.74, 6) is 0. The molecule has 2 aromatic heterocycles. The van der Waals surface area contributed by atoms with Gasteiger partial charge in [0.1, 0.15) is 4.99 Å². The van der Waals surface area contributed by atoms with Crippen molar-refractivity contribution in [2.45, 2.75) is 0 Å². The first-order chi connectivity index (χ1) is 8.18. The Morgan fingerprint density at radius 2 is 2.12 bits per heavy atom. The lowest BCUT2D eigenvalue weighted by molar-refractivity contribution is 1.16. The molecular formula is C12H12N4S. The van der Waals surface area contributed by atoms with E-state index < -0.39 is 0 Å². The summed E-state index contributed by atoms with van der Waals surface area (Å²) in [5.41, 5.74) is 8.14. The smallest absolute Gasteiger partial charge is 0.122 e. The normalized spacial score (nSPS) is 9.94. The van der Waals surface area contributed by atoms with E-state index in [1.54, 1.807) is 18.6 Å². The molecule has 0 aliphatic carbocycles. The van der Waals surface area contributed by atoms with Crippen molar-refractivity contribution in [3.8, 4) is 0 Å². The molecule has 0 bridgehead atoms. The summed E-state index contributed by atoms with van der Waals surface area (Å²) in [5, 5.41) is 0. The first-order valence-electron chi connectivity index (χ1n) is 5.08. The van der Waals surface area contributed by atoms with Crippen molar-refractivity contribution in [1.29, 1.82) is 0 Å². The average molecular weight is 244 g/mol. The SMILES string of the molecule is CN(c1cccnc1)c1ccnc(C(N)=S)c1. The highest BCUT2D eigenvalue weighted by molar-refractivity contribution is 7.80. The lowest BCUT2D eigenvalue weighted by atomic mass is 10.2. The fraction of sp³-hybridized carbons (Fsp3) is 0.0833. The van der Waals surface area contributed by atoms with E-state index in [1.807, 2.05) is 36.2 Å². The highest BCUT2D eigenvalue weighted by atomic mass is 32.1. The van der Waals surface area contributed by atoms with Crippen LogP contribution in [0, 0.1) is 0 Å². The molecule has 2 N–H and O–H groups in total. The van der Waals surface area contributed by atoms with Crippen LogP contribution in [0.4, 0.5) is 11.4 Å². The van der Waals surface area contributed by atoms with Gasteiger partial charge in [-0.2, -0.15) is 0 Å². The van der Waals surface area contributed by atoms with Gasteiger partial charge in [0, 0.05) is 25.1 Å². The lowest BCUT2D eigenvalue weighted by Gasteiger charge is -2.19. The second kappa shape index (κ2) is 4.88. The topological polar surface area (TPSA) is 55.0 Å². The summed E-state index contributed by atoms with van der Waals surface area (Å²) in [6.45, 7) is 0. The van der Waals surface area contributed by atoms with Gasteiger partial charge in [-0.15, -0.1) is 0 Å². The Morgan fingerprint density at radius 3 is 2.76 bits per heavy atom. The van der Waals surface area contributed by atoms with E-state index in [1.165, 1.54) is 0 Å². The predicted octanol–water partition coefficient (Wildman–Crippen LogP) is 1.88. The molecule has 2 aromatic rings. The Kier molecular flexibility index (Phi) is 3.30. The fourth-order valence-corrected chi connectivity index (χ4v) is 1.58. The van der Waals surface area contributed by atoms with E-state index >= 15 is 0 Å². The summed E-state index contributed by atoms with van der Waals surface area (Å²) in [7, 11) is 1.95. The highest BCUT2D eigenvalue weighted by Gasteiger charge is 2.06. The Balaban J connectivity index is 2.34. The first-order valence-corrected chi connectivity index (χ1v) is 5.49. The Hall–Kier alpha value is -2.01. The van der Waals surface area contributed by atoms with Gasteiger partial charge in [0.15, 0.2) is 0 Å². The zero-order valence-corrected chi connectivity index (χ0v) is 10.2. The Bertz CT molecular complexity index is 527. The maximum Gasteiger partial charge on any atom is 0.122 e. The molecule has 0 unspecified atom stereocenters. The number of nitrogens with two attached hydrogens (primary N) is 1. The second-order valence-electron chi connectivity index (χ2n) is 3.53. The number of rotatable bonds is 3. The van der Waals surface area contributed by atoms with Gasteiger partial charge in [0.2, 0.25) is 0 Å². The number of nitrogens with zero attached hydrogens (tertiary/aromatic N) is 3. The van der Waals surface area contributed by atoms with Gasteiger partial charge >= 0.3 is 0 Å². The molecule has 0 saturated heterocycles. The molecule has 0 fully saturated rings. The van der Waals surface area contributed by atoms with E-state index in [9.17, 15) is 0 Å².